The largest absolute Gasteiger partial charge is 0.376 e. The number of guanidine groups is 1. The van der Waals surface area contributed by atoms with Gasteiger partial charge in [-0.15, -0.1) is 34.2 Å². The summed E-state index contributed by atoms with van der Waals surface area (Å²) in [5.41, 5.74) is 0. The van der Waals surface area contributed by atoms with Crippen molar-refractivity contribution in [3.63, 3.8) is 0 Å². The van der Waals surface area contributed by atoms with E-state index in [4.69, 9.17) is 9.73 Å². The third-order valence-corrected chi connectivity index (χ3v) is 5.80. The van der Waals surface area contributed by atoms with E-state index in [0.717, 1.165) is 49.4 Å². The maximum absolute atomic E-state index is 5.70. The van der Waals surface area contributed by atoms with Gasteiger partial charge in [-0.3, -0.25) is 0 Å². The summed E-state index contributed by atoms with van der Waals surface area (Å²) < 4.78 is 7.69. The minimum absolute atomic E-state index is 0. The van der Waals surface area contributed by atoms with Crippen LogP contribution < -0.4 is 10.6 Å². The molecule has 2 aliphatic heterocycles. The number of thioether (sulfide) groups is 1. The summed E-state index contributed by atoms with van der Waals surface area (Å²) in [6, 6.07) is 0.487. The van der Waals surface area contributed by atoms with Gasteiger partial charge in [-0.05, 0) is 38.4 Å². The fraction of sp³-hybridized carbons (Fsp3) is 0.812. The molecule has 0 radical (unpaired) electrons. The summed E-state index contributed by atoms with van der Waals surface area (Å²) in [6.07, 6.45) is 5.06. The van der Waals surface area contributed by atoms with Crippen LogP contribution in [0.2, 0.25) is 0 Å². The lowest BCUT2D eigenvalue weighted by molar-refractivity contribution is 0.113. The van der Waals surface area contributed by atoms with Crippen LogP contribution in [0, 0.1) is 6.92 Å². The second-order valence-electron chi connectivity index (χ2n) is 6.46. The number of aliphatic imine (C=N–C) groups is 1. The molecule has 142 valence electrons. The van der Waals surface area contributed by atoms with Crippen LogP contribution in [0.5, 0.6) is 0 Å². The number of ether oxygens (including phenoxy) is 1. The van der Waals surface area contributed by atoms with Crippen molar-refractivity contribution in [2.45, 2.75) is 51.3 Å². The van der Waals surface area contributed by atoms with Gasteiger partial charge < -0.3 is 19.9 Å². The second kappa shape index (κ2) is 10.6. The fourth-order valence-electron chi connectivity index (χ4n) is 2.95. The van der Waals surface area contributed by atoms with Gasteiger partial charge in [0.2, 0.25) is 0 Å². The third-order valence-electron chi connectivity index (χ3n) is 4.58. The molecule has 1 aromatic heterocycles. The lowest BCUT2D eigenvalue weighted by atomic mass is 10.2. The molecule has 2 saturated heterocycles. The molecule has 0 aromatic carbocycles. The molecule has 3 heterocycles. The van der Waals surface area contributed by atoms with Crippen LogP contribution in [0.25, 0.3) is 0 Å². The van der Waals surface area contributed by atoms with Gasteiger partial charge in [-0.2, -0.15) is 11.8 Å². The van der Waals surface area contributed by atoms with Crippen LogP contribution in [0.3, 0.4) is 0 Å². The number of aryl methyl sites for hydroxylation is 1. The zero-order chi connectivity index (χ0) is 16.8. The molecule has 0 bridgehead atoms. The SMILES string of the molecule is Cc1nnc(CN=C(NCC2CCCO2)NC2CCCSC2)n1C.I. The highest BCUT2D eigenvalue weighted by atomic mass is 127. The van der Waals surface area contributed by atoms with Crippen molar-refractivity contribution < 1.29 is 4.74 Å². The van der Waals surface area contributed by atoms with E-state index in [1.54, 1.807) is 0 Å². The summed E-state index contributed by atoms with van der Waals surface area (Å²) in [7, 11) is 1.98. The van der Waals surface area contributed by atoms with Crippen LogP contribution in [0.15, 0.2) is 4.99 Å². The topological polar surface area (TPSA) is 76.4 Å². The van der Waals surface area contributed by atoms with Gasteiger partial charge in [0.15, 0.2) is 11.8 Å². The average molecular weight is 480 g/mol. The van der Waals surface area contributed by atoms with Crippen LogP contribution in [0.4, 0.5) is 0 Å². The molecule has 2 unspecified atom stereocenters. The molecule has 2 aliphatic rings. The van der Waals surface area contributed by atoms with Gasteiger partial charge in [-0.1, -0.05) is 0 Å². The van der Waals surface area contributed by atoms with Gasteiger partial charge in [0.05, 0.1) is 6.10 Å². The molecule has 0 spiro atoms. The van der Waals surface area contributed by atoms with Crippen LogP contribution in [-0.4, -0.2) is 57.5 Å². The first-order chi connectivity index (χ1) is 11.7. The van der Waals surface area contributed by atoms with Gasteiger partial charge in [-0.25, -0.2) is 4.99 Å². The molecule has 25 heavy (non-hydrogen) atoms. The normalized spacial score (nSPS) is 24.0. The number of nitrogens with one attached hydrogen (secondary N) is 2. The Kier molecular flexibility index (Phi) is 8.77. The standard InChI is InChI=1S/C16H28N6OS.HI/c1-12-20-21-15(22(12)2)10-18-16(17-9-14-6-3-7-23-14)19-13-5-4-8-24-11-13;/h13-14H,3-11H2,1-2H3,(H2,17,18,19);1H. The van der Waals surface area contributed by atoms with E-state index in [0.29, 0.717) is 18.7 Å². The van der Waals surface area contributed by atoms with E-state index in [9.17, 15) is 0 Å². The van der Waals surface area contributed by atoms with Gasteiger partial charge >= 0.3 is 0 Å². The number of hydrogen-bond donors (Lipinski definition) is 2. The predicted octanol–water partition coefficient (Wildman–Crippen LogP) is 1.85. The molecule has 1 aromatic rings. The lowest BCUT2D eigenvalue weighted by Gasteiger charge is -2.25. The summed E-state index contributed by atoms with van der Waals surface area (Å²) in [5, 5.41) is 15.3. The van der Waals surface area contributed by atoms with E-state index in [1.807, 2.05) is 30.3 Å². The van der Waals surface area contributed by atoms with Crippen molar-refractivity contribution in [2.24, 2.45) is 12.0 Å². The van der Waals surface area contributed by atoms with Crippen molar-refractivity contribution >= 4 is 41.7 Å². The summed E-state index contributed by atoms with van der Waals surface area (Å²) in [5.74, 6) is 5.06. The Labute approximate surface area is 171 Å². The molecular weight excluding hydrogens is 451 g/mol. The van der Waals surface area contributed by atoms with Crippen LogP contribution >= 0.6 is 35.7 Å². The van der Waals surface area contributed by atoms with Gasteiger partial charge in [0, 0.05) is 32.0 Å². The molecule has 0 amide bonds. The highest BCUT2D eigenvalue weighted by Crippen LogP contribution is 2.17. The maximum Gasteiger partial charge on any atom is 0.192 e. The molecular formula is C16H29IN6OS. The molecule has 7 nitrogen and oxygen atoms in total. The monoisotopic (exact) mass is 480 g/mol. The molecule has 0 saturated carbocycles. The van der Waals surface area contributed by atoms with E-state index < -0.39 is 0 Å². The Balaban J connectivity index is 0.00000225. The molecule has 0 aliphatic carbocycles. The lowest BCUT2D eigenvalue weighted by Crippen LogP contribution is -2.47. The number of rotatable bonds is 5. The number of halogens is 1. The first kappa shape index (κ1) is 20.8. The Bertz CT molecular complexity index is 555. The average Bonchev–Trinajstić information content (AvgIpc) is 3.23. The fourth-order valence-corrected chi connectivity index (χ4v) is 4.03. The maximum atomic E-state index is 5.70. The first-order valence-electron chi connectivity index (χ1n) is 8.81. The second-order valence-corrected chi connectivity index (χ2v) is 7.61. The summed E-state index contributed by atoms with van der Waals surface area (Å²) in [6.45, 7) is 4.17. The number of aromatic nitrogens is 3. The zero-order valence-corrected chi connectivity index (χ0v) is 18.2. The van der Waals surface area contributed by atoms with Crippen molar-refractivity contribution in [1.82, 2.24) is 25.4 Å². The van der Waals surface area contributed by atoms with Crippen LogP contribution in [-0.2, 0) is 18.3 Å². The third kappa shape index (κ3) is 6.28. The van der Waals surface area contributed by atoms with Gasteiger partial charge in [0.1, 0.15) is 12.4 Å². The Hall–Kier alpha value is -0.550. The highest BCUT2D eigenvalue weighted by Gasteiger charge is 2.18. The predicted molar refractivity (Wildman–Crippen MR) is 113 cm³/mol. The molecule has 2 N–H and O–H groups in total. The van der Waals surface area contributed by atoms with E-state index >= 15 is 0 Å². The molecule has 2 fully saturated rings. The molecule has 2 atom stereocenters. The Morgan fingerprint density at radius 3 is 2.88 bits per heavy atom. The van der Waals surface area contributed by atoms with E-state index in [-0.39, 0.29) is 24.0 Å². The minimum atomic E-state index is 0. The highest BCUT2D eigenvalue weighted by molar-refractivity contribution is 14.0. The van der Waals surface area contributed by atoms with Crippen molar-refractivity contribution in [2.75, 3.05) is 24.7 Å². The number of nitrogens with zero attached hydrogens (tertiary/aromatic N) is 4. The van der Waals surface area contributed by atoms with E-state index in [2.05, 4.69) is 20.8 Å². The summed E-state index contributed by atoms with van der Waals surface area (Å²) >= 11 is 2.01. The quantitative estimate of drug-likeness (QED) is 0.381. The van der Waals surface area contributed by atoms with Gasteiger partial charge in [0.25, 0.3) is 0 Å². The van der Waals surface area contributed by atoms with Crippen molar-refractivity contribution in [1.29, 1.82) is 0 Å². The summed E-state index contributed by atoms with van der Waals surface area (Å²) in [4.78, 5) is 4.73. The first-order valence-corrected chi connectivity index (χ1v) is 9.97. The molecule has 3 rings (SSSR count). The zero-order valence-electron chi connectivity index (χ0n) is 15.0. The smallest absolute Gasteiger partial charge is 0.192 e. The van der Waals surface area contributed by atoms with Crippen molar-refractivity contribution in [3.8, 4) is 0 Å². The number of hydrogen-bond acceptors (Lipinski definition) is 5. The molecule has 9 heteroatoms. The van der Waals surface area contributed by atoms with Crippen molar-refractivity contribution in [3.05, 3.63) is 11.6 Å². The Morgan fingerprint density at radius 1 is 1.36 bits per heavy atom. The Morgan fingerprint density at radius 2 is 2.24 bits per heavy atom. The van der Waals surface area contributed by atoms with Crippen LogP contribution in [0.1, 0.15) is 37.3 Å². The van der Waals surface area contributed by atoms with E-state index in [1.165, 1.54) is 18.6 Å². The minimum Gasteiger partial charge on any atom is -0.376 e.